The van der Waals surface area contributed by atoms with Gasteiger partial charge in [0.1, 0.15) is 11.6 Å². The van der Waals surface area contributed by atoms with Crippen LogP contribution in [0.3, 0.4) is 0 Å². The fourth-order valence-corrected chi connectivity index (χ4v) is 2.93. The highest BCUT2D eigenvalue weighted by Gasteiger charge is 2.27. The zero-order chi connectivity index (χ0) is 15.5. The molecule has 1 aliphatic rings. The molecule has 3 rings (SSSR count). The number of unbranched alkanes of at least 4 members (excludes halogenated alkanes) is 2. The second-order valence-corrected chi connectivity index (χ2v) is 5.62. The first-order chi connectivity index (χ1) is 10.7. The maximum Gasteiger partial charge on any atom is 0.149 e. The molecule has 0 aromatic heterocycles. The van der Waals surface area contributed by atoms with E-state index in [2.05, 4.69) is 17.9 Å². The largest absolute Gasteiger partial charge is 0.352 e. The number of fused-ring (bicyclic) bond motifs is 1. The highest BCUT2D eigenvalue weighted by atomic mass is 19.1. The molecule has 0 saturated carbocycles. The van der Waals surface area contributed by atoms with Crippen LogP contribution in [0.5, 0.6) is 0 Å². The van der Waals surface area contributed by atoms with Gasteiger partial charge in [-0.3, -0.25) is 0 Å². The number of hydrogen-bond acceptors (Lipinski definition) is 2. The Morgan fingerprint density at radius 2 is 1.73 bits per heavy atom. The molecule has 0 aliphatic carbocycles. The van der Waals surface area contributed by atoms with Crippen molar-refractivity contribution in [2.24, 2.45) is 0 Å². The Morgan fingerprint density at radius 3 is 2.45 bits per heavy atom. The average molecular weight is 302 g/mol. The van der Waals surface area contributed by atoms with E-state index in [1.165, 1.54) is 25.0 Å². The molecule has 4 heteroatoms. The van der Waals surface area contributed by atoms with Gasteiger partial charge in [-0.1, -0.05) is 31.9 Å². The Hall–Kier alpha value is -2.10. The summed E-state index contributed by atoms with van der Waals surface area (Å²) in [7, 11) is 0. The number of rotatable bonds is 5. The number of nitrogens with zero attached hydrogens (tertiary/aromatic N) is 2. The molecule has 2 aromatic rings. The van der Waals surface area contributed by atoms with Crippen LogP contribution in [0, 0.1) is 11.6 Å². The molecule has 0 bridgehead atoms. The van der Waals surface area contributed by atoms with Gasteiger partial charge in [0.15, 0.2) is 0 Å². The van der Waals surface area contributed by atoms with Gasteiger partial charge in [-0.25, -0.2) is 8.78 Å². The van der Waals surface area contributed by atoms with E-state index in [-0.39, 0.29) is 0 Å². The van der Waals surface area contributed by atoms with Gasteiger partial charge in [0.2, 0.25) is 0 Å². The third kappa shape index (κ3) is 2.78. The van der Waals surface area contributed by atoms with Gasteiger partial charge in [0, 0.05) is 12.6 Å². The molecular formula is C18H20F2N2. The SMILES string of the molecule is CCCCCN1CN(c2ccc(F)cc2F)c2ccccc21. The summed E-state index contributed by atoms with van der Waals surface area (Å²) in [4.78, 5) is 4.17. The summed E-state index contributed by atoms with van der Waals surface area (Å²) < 4.78 is 27.3. The van der Waals surface area contributed by atoms with Crippen LogP contribution in [0.15, 0.2) is 42.5 Å². The third-order valence-electron chi connectivity index (χ3n) is 4.06. The zero-order valence-corrected chi connectivity index (χ0v) is 12.7. The van der Waals surface area contributed by atoms with E-state index >= 15 is 0 Å². The first-order valence-electron chi connectivity index (χ1n) is 7.77. The van der Waals surface area contributed by atoms with Crippen molar-refractivity contribution in [2.45, 2.75) is 26.2 Å². The van der Waals surface area contributed by atoms with E-state index in [1.807, 2.05) is 23.1 Å². The smallest absolute Gasteiger partial charge is 0.149 e. The number of anilines is 3. The predicted octanol–water partition coefficient (Wildman–Crippen LogP) is 5.07. The molecule has 116 valence electrons. The van der Waals surface area contributed by atoms with E-state index in [0.29, 0.717) is 12.4 Å². The number of para-hydroxylation sites is 2. The number of benzene rings is 2. The summed E-state index contributed by atoms with van der Waals surface area (Å²) in [5, 5.41) is 0. The Bertz CT molecular complexity index is 657. The topological polar surface area (TPSA) is 6.48 Å². The van der Waals surface area contributed by atoms with Crippen LogP contribution < -0.4 is 9.80 Å². The minimum Gasteiger partial charge on any atom is -0.352 e. The van der Waals surface area contributed by atoms with Crippen molar-refractivity contribution in [2.75, 3.05) is 23.0 Å². The molecule has 0 saturated heterocycles. The highest BCUT2D eigenvalue weighted by molar-refractivity contribution is 5.82. The van der Waals surface area contributed by atoms with Crippen LogP contribution in [-0.4, -0.2) is 13.2 Å². The summed E-state index contributed by atoms with van der Waals surface area (Å²) >= 11 is 0. The maximum absolute atomic E-state index is 14.1. The first-order valence-corrected chi connectivity index (χ1v) is 7.77. The molecule has 0 amide bonds. The lowest BCUT2D eigenvalue weighted by molar-refractivity contribution is 0.582. The van der Waals surface area contributed by atoms with Crippen LogP contribution in [0.4, 0.5) is 25.8 Å². The van der Waals surface area contributed by atoms with Crippen LogP contribution in [0.1, 0.15) is 26.2 Å². The Labute approximate surface area is 130 Å². The summed E-state index contributed by atoms with van der Waals surface area (Å²) in [5.74, 6) is -1.07. The van der Waals surface area contributed by atoms with E-state index < -0.39 is 11.6 Å². The van der Waals surface area contributed by atoms with E-state index in [9.17, 15) is 8.78 Å². The molecule has 0 spiro atoms. The van der Waals surface area contributed by atoms with Crippen molar-refractivity contribution in [1.82, 2.24) is 0 Å². The van der Waals surface area contributed by atoms with Crippen molar-refractivity contribution in [3.63, 3.8) is 0 Å². The molecule has 2 nitrogen and oxygen atoms in total. The lowest BCUT2D eigenvalue weighted by Crippen LogP contribution is -2.29. The lowest BCUT2D eigenvalue weighted by Gasteiger charge is -2.22. The Kier molecular flexibility index (Phi) is 4.27. The van der Waals surface area contributed by atoms with Crippen LogP contribution >= 0.6 is 0 Å². The predicted molar refractivity (Wildman–Crippen MR) is 86.7 cm³/mol. The second kappa shape index (κ2) is 6.34. The summed E-state index contributed by atoms with van der Waals surface area (Å²) in [6, 6.07) is 11.7. The van der Waals surface area contributed by atoms with Gasteiger partial charge in [-0.2, -0.15) is 0 Å². The van der Waals surface area contributed by atoms with Crippen LogP contribution in [0.25, 0.3) is 0 Å². The van der Waals surface area contributed by atoms with E-state index in [4.69, 9.17) is 0 Å². The molecule has 0 atom stereocenters. The van der Waals surface area contributed by atoms with E-state index in [1.54, 1.807) is 0 Å². The molecule has 0 unspecified atom stereocenters. The molecule has 1 aliphatic heterocycles. The quantitative estimate of drug-likeness (QED) is 0.711. The van der Waals surface area contributed by atoms with Gasteiger partial charge in [0.25, 0.3) is 0 Å². The fraction of sp³-hybridized carbons (Fsp3) is 0.333. The average Bonchev–Trinajstić information content (AvgIpc) is 2.87. The monoisotopic (exact) mass is 302 g/mol. The van der Waals surface area contributed by atoms with Gasteiger partial charge >= 0.3 is 0 Å². The molecule has 0 N–H and O–H groups in total. The first kappa shape index (κ1) is 14.8. The van der Waals surface area contributed by atoms with Crippen LogP contribution in [-0.2, 0) is 0 Å². The van der Waals surface area contributed by atoms with Crippen molar-refractivity contribution in [3.05, 3.63) is 54.1 Å². The summed E-state index contributed by atoms with van der Waals surface area (Å²) in [6.45, 7) is 3.73. The molecule has 1 heterocycles. The zero-order valence-electron chi connectivity index (χ0n) is 12.7. The minimum atomic E-state index is -0.548. The number of hydrogen-bond donors (Lipinski definition) is 0. The maximum atomic E-state index is 14.1. The van der Waals surface area contributed by atoms with E-state index in [0.717, 1.165) is 30.4 Å². The molecule has 0 fully saturated rings. The highest BCUT2D eigenvalue weighted by Crippen LogP contribution is 2.41. The van der Waals surface area contributed by atoms with Crippen molar-refractivity contribution in [3.8, 4) is 0 Å². The van der Waals surface area contributed by atoms with Crippen molar-refractivity contribution >= 4 is 17.1 Å². The molecule has 2 aromatic carbocycles. The van der Waals surface area contributed by atoms with Crippen molar-refractivity contribution < 1.29 is 8.78 Å². The second-order valence-electron chi connectivity index (χ2n) is 5.62. The standard InChI is InChI=1S/C18H20F2N2/c1-2-3-6-11-21-13-22(18-8-5-4-7-17(18)21)16-10-9-14(19)12-15(16)20/h4-5,7-10,12H,2-3,6,11,13H2,1H3. The fourth-order valence-electron chi connectivity index (χ4n) is 2.93. The van der Waals surface area contributed by atoms with Crippen LogP contribution in [0.2, 0.25) is 0 Å². The normalized spacial score (nSPS) is 13.6. The third-order valence-corrected chi connectivity index (χ3v) is 4.06. The van der Waals surface area contributed by atoms with Gasteiger partial charge < -0.3 is 9.80 Å². The van der Waals surface area contributed by atoms with Gasteiger partial charge in [0.05, 0.1) is 23.7 Å². The van der Waals surface area contributed by atoms with Gasteiger partial charge in [-0.05, 0) is 30.7 Å². The Morgan fingerprint density at radius 1 is 0.955 bits per heavy atom. The van der Waals surface area contributed by atoms with Gasteiger partial charge in [-0.15, -0.1) is 0 Å². The van der Waals surface area contributed by atoms with Crippen molar-refractivity contribution in [1.29, 1.82) is 0 Å². The summed E-state index contributed by atoms with van der Waals surface area (Å²) in [6.07, 6.45) is 3.47. The molecular weight excluding hydrogens is 282 g/mol. The molecule has 0 radical (unpaired) electrons. The minimum absolute atomic E-state index is 0.423. The summed E-state index contributed by atoms with van der Waals surface area (Å²) in [5.41, 5.74) is 2.51. The Balaban J connectivity index is 1.90. The molecule has 22 heavy (non-hydrogen) atoms. The lowest BCUT2D eigenvalue weighted by atomic mass is 10.2. The number of halogens is 2.